The van der Waals surface area contributed by atoms with Crippen molar-refractivity contribution < 1.29 is 9.47 Å². The van der Waals surface area contributed by atoms with Crippen LogP contribution in [0, 0.1) is 17.8 Å². The highest BCUT2D eigenvalue weighted by atomic mass is 16.7. The predicted octanol–water partition coefficient (Wildman–Crippen LogP) is 2.43. The number of hydrogen-bond acceptors (Lipinski definition) is 2. The van der Waals surface area contributed by atoms with Crippen LogP contribution in [-0.2, 0) is 9.47 Å². The van der Waals surface area contributed by atoms with E-state index in [-0.39, 0.29) is 6.29 Å². The van der Waals surface area contributed by atoms with Crippen molar-refractivity contribution in [2.45, 2.75) is 46.0 Å². The highest BCUT2D eigenvalue weighted by Crippen LogP contribution is 2.45. The third kappa shape index (κ3) is 1.62. The summed E-state index contributed by atoms with van der Waals surface area (Å²) in [5.74, 6) is 2.20. The number of fused-ring (bicyclic) bond motifs is 1. The Morgan fingerprint density at radius 3 is 2.69 bits per heavy atom. The zero-order valence-corrected chi connectivity index (χ0v) is 8.82. The van der Waals surface area contributed by atoms with E-state index in [0.717, 1.165) is 18.4 Å². The average Bonchev–Trinajstić information content (AvgIpc) is 2.54. The molecule has 0 N–H and O–H groups in total. The normalized spacial score (nSPS) is 49.6. The summed E-state index contributed by atoms with van der Waals surface area (Å²) in [6.45, 7) is 7.39. The quantitative estimate of drug-likeness (QED) is 0.656. The maximum absolute atomic E-state index is 5.89. The molecule has 5 atom stereocenters. The Labute approximate surface area is 80.6 Å². The van der Waals surface area contributed by atoms with Crippen LogP contribution >= 0.6 is 0 Å². The molecule has 2 aliphatic rings. The van der Waals surface area contributed by atoms with Crippen LogP contribution in [0.15, 0.2) is 0 Å². The van der Waals surface area contributed by atoms with Gasteiger partial charge in [-0.05, 0) is 31.6 Å². The molecule has 0 radical (unpaired) electrons. The molecule has 13 heavy (non-hydrogen) atoms. The summed E-state index contributed by atoms with van der Waals surface area (Å²) in [7, 11) is 0. The van der Waals surface area contributed by atoms with Gasteiger partial charge >= 0.3 is 0 Å². The van der Waals surface area contributed by atoms with E-state index in [1.54, 1.807) is 0 Å². The van der Waals surface area contributed by atoms with Crippen molar-refractivity contribution >= 4 is 0 Å². The molecule has 0 spiro atoms. The van der Waals surface area contributed by atoms with Crippen molar-refractivity contribution in [3.8, 4) is 0 Å². The molecule has 2 nitrogen and oxygen atoms in total. The fraction of sp³-hybridized carbons (Fsp3) is 1.00. The van der Waals surface area contributed by atoms with E-state index in [9.17, 15) is 0 Å². The first-order valence-electron chi connectivity index (χ1n) is 5.49. The Hall–Kier alpha value is -0.0800. The fourth-order valence-corrected chi connectivity index (χ4v) is 2.85. The van der Waals surface area contributed by atoms with E-state index in [1.165, 1.54) is 12.8 Å². The lowest BCUT2D eigenvalue weighted by Gasteiger charge is -2.18. The predicted molar refractivity (Wildman–Crippen MR) is 51.3 cm³/mol. The van der Waals surface area contributed by atoms with E-state index in [1.807, 2.05) is 6.92 Å². The second-order valence-corrected chi connectivity index (χ2v) is 4.60. The second kappa shape index (κ2) is 3.58. The summed E-state index contributed by atoms with van der Waals surface area (Å²) in [6.07, 6.45) is 3.13. The van der Waals surface area contributed by atoms with Gasteiger partial charge in [0.25, 0.3) is 0 Å². The minimum atomic E-state index is 0.0764. The topological polar surface area (TPSA) is 18.5 Å². The van der Waals surface area contributed by atoms with Crippen molar-refractivity contribution in [2.75, 3.05) is 6.61 Å². The summed E-state index contributed by atoms with van der Waals surface area (Å²) in [4.78, 5) is 0. The van der Waals surface area contributed by atoms with Gasteiger partial charge < -0.3 is 9.47 Å². The van der Waals surface area contributed by atoms with Crippen molar-refractivity contribution in [1.29, 1.82) is 0 Å². The maximum atomic E-state index is 5.89. The monoisotopic (exact) mass is 184 g/mol. The highest BCUT2D eigenvalue weighted by molar-refractivity contribution is 4.91. The molecule has 76 valence electrons. The molecule has 0 amide bonds. The van der Waals surface area contributed by atoms with Crippen molar-refractivity contribution in [3.05, 3.63) is 0 Å². The summed E-state index contributed by atoms with van der Waals surface area (Å²) in [5, 5.41) is 0. The maximum Gasteiger partial charge on any atom is 0.160 e. The largest absolute Gasteiger partial charge is 0.353 e. The fourth-order valence-electron chi connectivity index (χ4n) is 2.85. The Morgan fingerprint density at radius 1 is 1.31 bits per heavy atom. The van der Waals surface area contributed by atoms with Gasteiger partial charge in [-0.15, -0.1) is 0 Å². The summed E-state index contributed by atoms with van der Waals surface area (Å²) >= 11 is 0. The van der Waals surface area contributed by atoms with Crippen LogP contribution in [0.5, 0.6) is 0 Å². The molecular weight excluding hydrogens is 164 g/mol. The third-order valence-corrected chi connectivity index (χ3v) is 3.53. The van der Waals surface area contributed by atoms with Crippen LogP contribution in [0.1, 0.15) is 33.6 Å². The molecule has 1 aliphatic heterocycles. The van der Waals surface area contributed by atoms with Gasteiger partial charge in [-0.2, -0.15) is 0 Å². The van der Waals surface area contributed by atoms with E-state index in [0.29, 0.717) is 12.0 Å². The molecule has 2 rings (SSSR count). The molecule has 0 aromatic rings. The third-order valence-electron chi connectivity index (χ3n) is 3.53. The first-order chi connectivity index (χ1) is 6.22. The van der Waals surface area contributed by atoms with Crippen LogP contribution in [0.25, 0.3) is 0 Å². The average molecular weight is 184 g/mol. The van der Waals surface area contributed by atoms with Crippen molar-refractivity contribution in [3.63, 3.8) is 0 Å². The van der Waals surface area contributed by atoms with Crippen LogP contribution in [0.3, 0.4) is 0 Å². The number of hydrogen-bond donors (Lipinski definition) is 0. The van der Waals surface area contributed by atoms with Crippen LogP contribution in [0.4, 0.5) is 0 Å². The molecule has 1 heterocycles. The van der Waals surface area contributed by atoms with Gasteiger partial charge in [-0.3, -0.25) is 0 Å². The zero-order valence-electron chi connectivity index (χ0n) is 8.82. The lowest BCUT2D eigenvalue weighted by Crippen LogP contribution is -2.21. The lowest BCUT2D eigenvalue weighted by atomic mass is 9.92. The van der Waals surface area contributed by atoms with E-state index < -0.39 is 0 Å². The first-order valence-corrected chi connectivity index (χ1v) is 5.49. The zero-order chi connectivity index (χ0) is 9.42. The van der Waals surface area contributed by atoms with Crippen molar-refractivity contribution in [1.82, 2.24) is 0 Å². The second-order valence-electron chi connectivity index (χ2n) is 4.60. The summed E-state index contributed by atoms with van der Waals surface area (Å²) in [5.41, 5.74) is 0. The smallest absolute Gasteiger partial charge is 0.160 e. The Morgan fingerprint density at radius 2 is 2.08 bits per heavy atom. The minimum absolute atomic E-state index is 0.0764. The minimum Gasteiger partial charge on any atom is -0.353 e. The van der Waals surface area contributed by atoms with Gasteiger partial charge in [0, 0.05) is 12.5 Å². The van der Waals surface area contributed by atoms with Crippen LogP contribution < -0.4 is 0 Å². The Balaban J connectivity index is 1.96. The van der Waals surface area contributed by atoms with Gasteiger partial charge in [-0.1, -0.05) is 13.8 Å². The molecule has 2 unspecified atom stereocenters. The molecular formula is C11H20O2. The van der Waals surface area contributed by atoms with Crippen LogP contribution in [-0.4, -0.2) is 19.0 Å². The van der Waals surface area contributed by atoms with Gasteiger partial charge in [0.2, 0.25) is 0 Å². The van der Waals surface area contributed by atoms with Gasteiger partial charge in [0.05, 0.1) is 6.10 Å². The SMILES string of the molecule is CCOC1O[C@@H]2C[C@H](C)C[C@@H]2C1C. The van der Waals surface area contributed by atoms with Gasteiger partial charge in [0.1, 0.15) is 0 Å². The molecule has 2 heteroatoms. The van der Waals surface area contributed by atoms with Crippen LogP contribution in [0.2, 0.25) is 0 Å². The molecule has 2 fully saturated rings. The van der Waals surface area contributed by atoms with E-state index in [4.69, 9.17) is 9.47 Å². The molecule has 1 saturated heterocycles. The van der Waals surface area contributed by atoms with E-state index >= 15 is 0 Å². The highest BCUT2D eigenvalue weighted by Gasteiger charge is 2.46. The van der Waals surface area contributed by atoms with E-state index in [2.05, 4.69) is 13.8 Å². The lowest BCUT2D eigenvalue weighted by molar-refractivity contribution is -0.146. The number of ether oxygens (including phenoxy) is 2. The summed E-state index contributed by atoms with van der Waals surface area (Å²) in [6, 6.07) is 0. The molecule has 1 saturated carbocycles. The Bertz CT molecular complexity index is 181. The number of rotatable bonds is 2. The van der Waals surface area contributed by atoms with Gasteiger partial charge in [-0.25, -0.2) is 0 Å². The standard InChI is InChI=1S/C11H20O2/c1-4-12-11-8(3)9-5-7(2)6-10(9)13-11/h7-11H,4-6H2,1-3H3/t7-,8?,9-,10-,11?/m1/s1. The summed E-state index contributed by atoms with van der Waals surface area (Å²) < 4.78 is 11.5. The molecule has 0 bridgehead atoms. The molecule has 1 aliphatic carbocycles. The van der Waals surface area contributed by atoms with Crippen molar-refractivity contribution in [2.24, 2.45) is 17.8 Å². The van der Waals surface area contributed by atoms with Gasteiger partial charge in [0.15, 0.2) is 6.29 Å². The first kappa shape index (κ1) is 9.47. The molecule has 0 aromatic heterocycles. The molecule has 0 aromatic carbocycles. The Kier molecular flexibility index (Phi) is 2.61.